The van der Waals surface area contributed by atoms with Crippen LogP contribution in [0.1, 0.15) is 26.7 Å². The third-order valence-electron chi connectivity index (χ3n) is 2.37. The van der Waals surface area contributed by atoms with Gasteiger partial charge in [-0.05, 0) is 39.2 Å². The van der Waals surface area contributed by atoms with E-state index < -0.39 is 5.60 Å². The van der Waals surface area contributed by atoms with Crippen LogP contribution in [0.4, 0.5) is 0 Å². The van der Waals surface area contributed by atoms with Gasteiger partial charge >= 0.3 is 0 Å². The molecule has 0 saturated carbocycles. The Morgan fingerprint density at radius 1 is 1.54 bits per heavy atom. The van der Waals surface area contributed by atoms with Crippen LogP contribution in [0.15, 0.2) is 0 Å². The molecule has 1 atom stereocenters. The maximum Gasteiger partial charge on any atom is 0.0603 e. The van der Waals surface area contributed by atoms with Gasteiger partial charge < -0.3 is 15.2 Å². The molecule has 1 rings (SSSR count). The zero-order valence-electron chi connectivity index (χ0n) is 8.68. The Balaban J connectivity index is 1.94. The van der Waals surface area contributed by atoms with E-state index in [9.17, 15) is 5.11 Å². The number of nitrogens with one attached hydrogen (secondary N) is 1. The molecule has 0 amide bonds. The molecule has 1 heterocycles. The van der Waals surface area contributed by atoms with Crippen molar-refractivity contribution in [1.82, 2.24) is 5.32 Å². The van der Waals surface area contributed by atoms with Gasteiger partial charge in [0, 0.05) is 13.2 Å². The second-order valence-electron chi connectivity index (χ2n) is 4.50. The molecule has 0 aromatic rings. The van der Waals surface area contributed by atoms with Crippen molar-refractivity contribution in [2.24, 2.45) is 5.92 Å². The minimum atomic E-state index is -0.542. The van der Waals surface area contributed by atoms with Crippen molar-refractivity contribution in [1.29, 1.82) is 0 Å². The Morgan fingerprint density at radius 2 is 2.31 bits per heavy atom. The monoisotopic (exact) mass is 187 g/mol. The molecule has 0 aromatic carbocycles. The summed E-state index contributed by atoms with van der Waals surface area (Å²) in [5.41, 5.74) is -0.542. The van der Waals surface area contributed by atoms with Gasteiger partial charge in [-0.2, -0.15) is 0 Å². The predicted molar refractivity (Wildman–Crippen MR) is 52.7 cm³/mol. The molecule has 3 nitrogen and oxygen atoms in total. The Kier molecular flexibility index (Phi) is 4.16. The molecule has 0 radical (unpaired) electrons. The summed E-state index contributed by atoms with van der Waals surface area (Å²) >= 11 is 0. The molecule has 13 heavy (non-hydrogen) atoms. The van der Waals surface area contributed by atoms with E-state index in [1.165, 1.54) is 6.42 Å². The van der Waals surface area contributed by atoms with Crippen LogP contribution in [0.25, 0.3) is 0 Å². The SMILES string of the molecule is CC(C)(O)CCNCC1CCOC1. The summed E-state index contributed by atoms with van der Waals surface area (Å²) in [6.07, 6.45) is 1.98. The highest BCUT2D eigenvalue weighted by Gasteiger charge is 2.16. The molecule has 3 heteroatoms. The largest absolute Gasteiger partial charge is 0.390 e. The fraction of sp³-hybridized carbons (Fsp3) is 1.00. The summed E-state index contributed by atoms with van der Waals surface area (Å²) in [7, 11) is 0. The quantitative estimate of drug-likeness (QED) is 0.625. The Bertz CT molecular complexity index is 136. The summed E-state index contributed by atoms with van der Waals surface area (Å²) in [6, 6.07) is 0. The van der Waals surface area contributed by atoms with Crippen LogP contribution >= 0.6 is 0 Å². The smallest absolute Gasteiger partial charge is 0.0603 e. The lowest BCUT2D eigenvalue weighted by Gasteiger charge is -2.17. The highest BCUT2D eigenvalue weighted by atomic mass is 16.5. The van der Waals surface area contributed by atoms with Crippen LogP contribution < -0.4 is 5.32 Å². The number of aliphatic hydroxyl groups is 1. The molecule has 1 aliphatic heterocycles. The van der Waals surface area contributed by atoms with Gasteiger partial charge in [0.1, 0.15) is 0 Å². The second kappa shape index (κ2) is 4.94. The van der Waals surface area contributed by atoms with Crippen molar-refractivity contribution >= 4 is 0 Å². The molecule has 0 spiro atoms. The lowest BCUT2D eigenvalue weighted by Crippen LogP contribution is -2.30. The molecule has 1 aliphatic rings. The minimum absolute atomic E-state index is 0.542. The predicted octanol–water partition coefficient (Wildman–Crippen LogP) is 0.774. The topological polar surface area (TPSA) is 41.5 Å². The first-order valence-corrected chi connectivity index (χ1v) is 5.09. The molecule has 1 saturated heterocycles. The van der Waals surface area contributed by atoms with Crippen LogP contribution in [-0.2, 0) is 4.74 Å². The average Bonchev–Trinajstić information content (AvgIpc) is 2.48. The average molecular weight is 187 g/mol. The van der Waals surface area contributed by atoms with E-state index in [4.69, 9.17) is 4.74 Å². The van der Waals surface area contributed by atoms with Gasteiger partial charge in [-0.1, -0.05) is 0 Å². The van der Waals surface area contributed by atoms with Crippen molar-refractivity contribution in [2.75, 3.05) is 26.3 Å². The van der Waals surface area contributed by atoms with Gasteiger partial charge in [-0.15, -0.1) is 0 Å². The van der Waals surface area contributed by atoms with Gasteiger partial charge in [0.25, 0.3) is 0 Å². The second-order valence-corrected chi connectivity index (χ2v) is 4.50. The van der Waals surface area contributed by atoms with E-state index in [0.29, 0.717) is 5.92 Å². The fourth-order valence-corrected chi connectivity index (χ4v) is 1.44. The molecule has 2 N–H and O–H groups in total. The van der Waals surface area contributed by atoms with Crippen LogP contribution in [0, 0.1) is 5.92 Å². The van der Waals surface area contributed by atoms with Crippen LogP contribution in [-0.4, -0.2) is 37.0 Å². The van der Waals surface area contributed by atoms with Crippen LogP contribution in [0.5, 0.6) is 0 Å². The molecule has 0 aliphatic carbocycles. The first-order chi connectivity index (χ1) is 6.08. The standard InChI is InChI=1S/C10H21NO2/c1-10(2,12)4-5-11-7-9-3-6-13-8-9/h9,11-12H,3-8H2,1-2H3. The van der Waals surface area contributed by atoms with Crippen molar-refractivity contribution in [3.8, 4) is 0 Å². The lowest BCUT2D eigenvalue weighted by atomic mass is 10.1. The van der Waals surface area contributed by atoms with Crippen LogP contribution in [0.2, 0.25) is 0 Å². The van der Waals surface area contributed by atoms with E-state index in [1.54, 1.807) is 0 Å². The summed E-state index contributed by atoms with van der Waals surface area (Å²) < 4.78 is 5.27. The maximum absolute atomic E-state index is 9.44. The fourth-order valence-electron chi connectivity index (χ4n) is 1.44. The van der Waals surface area contributed by atoms with Gasteiger partial charge in [0.05, 0.1) is 12.2 Å². The lowest BCUT2D eigenvalue weighted by molar-refractivity contribution is 0.0709. The summed E-state index contributed by atoms with van der Waals surface area (Å²) in [5, 5.41) is 12.8. The first-order valence-electron chi connectivity index (χ1n) is 5.09. The summed E-state index contributed by atoms with van der Waals surface area (Å²) in [6.45, 7) is 7.41. The van der Waals surface area contributed by atoms with Gasteiger partial charge in [0.2, 0.25) is 0 Å². The molecule has 1 unspecified atom stereocenters. The van der Waals surface area contributed by atoms with E-state index >= 15 is 0 Å². The normalized spacial score (nSPS) is 23.8. The number of hydrogen-bond acceptors (Lipinski definition) is 3. The highest BCUT2D eigenvalue weighted by molar-refractivity contribution is 4.70. The van der Waals surface area contributed by atoms with E-state index in [1.807, 2.05) is 13.8 Å². The number of hydrogen-bond donors (Lipinski definition) is 2. The highest BCUT2D eigenvalue weighted by Crippen LogP contribution is 2.11. The molecular weight excluding hydrogens is 166 g/mol. The molecular formula is C10H21NO2. The Labute approximate surface area is 80.5 Å². The van der Waals surface area contributed by atoms with Crippen molar-refractivity contribution < 1.29 is 9.84 Å². The number of rotatable bonds is 5. The zero-order valence-corrected chi connectivity index (χ0v) is 8.68. The third kappa shape index (κ3) is 5.24. The Hall–Kier alpha value is -0.120. The third-order valence-corrected chi connectivity index (χ3v) is 2.37. The van der Waals surface area contributed by atoms with E-state index in [0.717, 1.165) is 32.7 Å². The van der Waals surface area contributed by atoms with Gasteiger partial charge in [-0.25, -0.2) is 0 Å². The molecule has 1 fully saturated rings. The van der Waals surface area contributed by atoms with E-state index in [2.05, 4.69) is 5.32 Å². The number of ether oxygens (including phenoxy) is 1. The Morgan fingerprint density at radius 3 is 2.85 bits per heavy atom. The van der Waals surface area contributed by atoms with Crippen molar-refractivity contribution in [3.05, 3.63) is 0 Å². The first kappa shape index (κ1) is 11.0. The van der Waals surface area contributed by atoms with Gasteiger partial charge in [-0.3, -0.25) is 0 Å². The maximum atomic E-state index is 9.44. The minimum Gasteiger partial charge on any atom is -0.390 e. The molecule has 0 aromatic heterocycles. The van der Waals surface area contributed by atoms with E-state index in [-0.39, 0.29) is 0 Å². The van der Waals surface area contributed by atoms with Crippen LogP contribution in [0.3, 0.4) is 0 Å². The zero-order chi connectivity index (χ0) is 9.73. The summed E-state index contributed by atoms with van der Waals surface area (Å²) in [4.78, 5) is 0. The summed E-state index contributed by atoms with van der Waals surface area (Å²) in [5.74, 6) is 0.682. The van der Waals surface area contributed by atoms with Crippen molar-refractivity contribution in [2.45, 2.75) is 32.3 Å². The van der Waals surface area contributed by atoms with Gasteiger partial charge in [0.15, 0.2) is 0 Å². The molecule has 78 valence electrons. The molecule has 0 bridgehead atoms. The van der Waals surface area contributed by atoms with Crippen molar-refractivity contribution in [3.63, 3.8) is 0 Å².